The molecule has 0 spiro atoms. The van der Waals surface area contributed by atoms with Gasteiger partial charge in [0, 0.05) is 46.8 Å². The van der Waals surface area contributed by atoms with Crippen LogP contribution in [0.4, 0.5) is 10.6 Å². The number of amides is 2. The molecule has 2 amide bonds. The number of aromatic nitrogens is 2. The van der Waals surface area contributed by atoms with E-state index >= 15 is 0 Å². The number of carbonyl (C=O) groups is 3. The first kappa shape index (κ1) is 47.6. The molecule has 1 aliphatic rings. The Kier molecular flexibility index (Phi) is 16.6. The lowest BCUT2D eigenvalue weighted by Crippen LogP contribution is -2.60. The summed E-state index contributed by atoms with van der Waals surface area (Å²) in [6, 6.07) is 17.9. The van der Waals surface area contributed by atoms with Crippen LogP contribution < -0.4 is 20.3 Å². The van der Waals surface area contributed by atoms with Gasteiger partial charge in [-0.1, -0.05) is 61.5 Å². The van der Waals surface area contributed by atoms with Crippen LogP contribution >= 0.6 is 47.1 Å². The van der Waals surface area contributed by atoms with Crippen molar-refractivity contribution in [2.24, 2.45) is 5.92 Å². The minimum atomic E-state index is -1.59. The van der Waals surface area contributed by atoms with Crippen LogP contribution in [-0.2, 0) is 20.1 Å². The fourth-order valence-corrected chi connectivity index (χ4v) is 8.35. The van der Waals surface area contributed by atoms with E-state index in [9.17, 15) is 30.0 Å². The average Bonchev–Trinajstić information content (AvgIpc) is 3.89. The molecule has 3 heterocycles. The third kappa shape index (κ3) is 12.5. The molecule has 3 N–H and O–H groups in total. The lowest BCUT2D eigenvalue weighted by molar-refractivity contribution is -0.143. The molecule has 0 saturated carbocycles. The summed E-state index contributed by atoms with van der Waals surface area (Å²) in [6.45, 7) is 11.7. The second kappa shape index (κ2) is 21.0. The SMILES string of the molecule is CC(C)C[C@H](NC(=O)[C@@](C)(CCOc1ccc(-c2c(C#N)c(SCc3csc(-c4ccc(Cl)cc4)n3)nc(N3CCCC3)c2C#N)cc1)NC(=O)OC(C)(C)C)C(=O)O.Cl. The molecule has 0 radical (unpaired) electrons. The largest absolute Gasteiger partial charge is 0.493 e. The summed E-state index contributed by atoms with van der Waals surface area (Å²) < 4.78 is 11.5. The van der Waals surface area contributed by atoms with Crippen LogP contribution in [0.15, 0.2) is 58.9 Å². The van der Waals surface area contributed by atoms with Crippen LogP contribution in [0.2, 0.25) is 5.02 Å². The van der Waals surface area contributed by atoms with Crippen LogP contribution in [0.1, 0.15) is 84.0 Å². The van der Waals surface area contributed by atoms with Gasteiger partial charge >= 0.3 is 12.1 Å². The summed E-state index contributed by atoms with van der Waals surface area (Å²) in [4.78, 5) is 50.3. The van der Waals surface area contributed by atoms with Crippen LogP contribution in [-0.4, -0.2) is 69.9 Å². The van der Waals surface area contributed by atoms with E-state index in [4.69, 9.17) is 31.0 Å². The van der Waals surface area contributed by atoms with Gasteiger partial charge in [-0.2, -0.15) is 10.5 Å². The zero-order chi connectivity index (χ0) is 42.9. The van der Waals surface area contributed by atoms with Gasteiger partial charge in [0.15, 0.2) is 0 Å². The Bertz CT molecular complexity index is 2230. The van der Waals surface area contributed by atoms with Gasteiger partial charge < -0.3 is 30.1 Å². The summed E-state index contributed by atoms with van der Waals surface area (Å²) in [7, 11) is 0. The van der Waals surface area contributed by atoms with Crippen LogP contribution in [0.5, 0.6) is 5.75 Å². The van der Waals surface area contributed by atoms with Crippen LogP contribution in [0, 0.1) is 28.6 Å². The topological polar surface area (TPSA) is 191 Å². The Morgan fingerprint density at radius 1 is 0.983 bits per heavy atom. The zero-order valence-corrected chi connectivity index (χ0v) is 37.5. The highest BCUT2D eigenvalue weighted by Crippen LogP contribution is 2.40. The van der Waals surface area contributed by atoms with E-state index in [1.165, 1.54) is 30.0 Å². The molecule has 0 aliphatic carbocycles. The maximum Gasteiger partial charge on any atom is 0.408 e. The lowest BCUT2D eigenvalue weighted by atomic mass is 9.95. The number of nitriles is 2. The van der Waals surface area contributed by atoms with Gasteiger partial charge in [-0.25, -0.2) is 19.6 Å². The van der Waals surface area contributed by atoms with E-state index in [0.717, 1.165) is 42.2 Å². The molecule has 318 valence electrons. The number of halogens is 2. The van der Waals surface area contributed by atoms with Crippen molar-refractivity contribution in [1.29, 1.82) is 10.5 Å². The molecular formula is C43H49Cl2N7O6S2. The molecule has 2 aromatic heterocycles. The van der Waals surface area contributed by atoms with Gasteiger partial charge in [0.1, 0.15) is 56.5 Å². The number of ether oxygens (including phenoxy) is 2. The summed E-state index contributed by atoms with van der Waals surface area (Å²) in [5.74, 6) is -0.465. The number of thiazole rings is 1. The Balaban J connectivity index is 0.00000794. The predicted octanol–water partition coefficient (Wildman–Crippen LogP) is 9.25. The Morgan fingerprint density at radius 3 is 2.20 bits per heavy atom. The van der Waals surface area contributed by atoms with Crippen molar-refractivity contribution < 1.29 is 29.0 Å². The van der Waals surface area contributed by atoms with E-state index in [0.29, 0.717) is 44.1 Å². The fourth-order valence-electron chi connectivity index (χ4n) is 6.42. The monoisotopic (exact) mass is 893 g/mol. The molecule has 4 aromatic rings. The van der Waals surface area contributed by atoms with Crippen molar-refractivity contribution in [1.82, 2.24) is 20.6 Å². The molecular weight excluding hydrogens is 846 g/mol. The molecule has 13 nitrogen and oxygen atoms in total. The number of carboxylic acid groups (broad SMARTS) is 1. The quantitative estimate of drug-likeness (QED) is 0.0906. The van der Waals surface area contributed by atoms with E-state index in [2.05, 4.69) is 27.7 Å². The van der Waals surface area contributed by atoms with Crippen molar-refractivity contribution in [3.05, 3.63) is 75.8 Å². The van der Waals surface area contributed by atoms with Crippen molar-refractivity contribution >= 4 is 70.9 Å². The molecule has 60 heavy (non-hydrogen) atoms. The number of anilines is 1. The molecule has 5 rings (SSSR count). The van der Waals surface area contributed by atoms with Gasteiger partial charge in [0.2, 0.25) is 5.91 Å². The Morgan fingerprint density at radius 2 is 1.62 bits per heavy atom. The van der Waals surface area contributed by atoms with Gasteiger partial charge in [-0.15, -0.1) is 23.7 Å². The number of thioether (sulfide) groups is 1. The van der Waals surface area contributed by atoms with E-state index < -0.39 is 35.2 Å². The molecule has 0 bridgehead atoms. The smallest absolute Gasteiger partial charge is 0.408 e. The van der Waals surface area contributed by atoms with Crippen molar-refractivity contribution in [3.8, 4) is 39.6 Å². The number of rotatable bonds is 16. The van der Waals surface area contributed by atoms with E-state index in [-0.39, 0.29) is 43.3 Å². The minimum absolute atomic E-state index is 0. The van der Waals surface area contributed by atoms with Gasteiger partial charge in [-0.3, -0.25) is 4.79 Å². The number of aliphatic carboxylic acids is 1. The molecule has 0 unspecified atom stereocenters. The van der Waals surface area contributed by atoms with Crippen molar-refractivity contribution in [2.45, 2.75) is 95.2 Å². The number of carbonyl (C=O) groups excluding carboxylic acids is 2. The maximum absolute atomic E-state index is 13.6. The van der Waals surface area contributed by atoms with Crippen LogP contribution in [0.3, 0.4) is 0 Å². The summed E-state index contributed by atoms with van der Waals surface area (Å²) in [5, 5.41) is 40.1. The highest BCUT2D eigenvalue weighted by Gasteiger charge is 2.39. The number of alkyl carbamates (subject to hydrolysis) is 1. The Hall–Kier alpha value is -5.06. The standard InChI is InChI=1S/C43H48ClN7O6S2.ClH/c1-26(2)21-34(39(52)53)48-40(54)43(6,50-41(55)57-42(3,4)5)17-20-56-31-15-11-27(12-16-31)35-32(22-45)36(51-18-7-8-19-51)49-38(33(35)23-46)59-25-30-24-58-37(47-30)28-9-13-29(44)14-10-28;/h9-16,24,26,34H,7-8,17-21,25H2,1-6H3,(H,48,54)(H,50,55)(H,52,53);1H/t34-,43+;/m0./s1. The summed E-state index contributed by atoms with van der Waals surface area (Å²) in [5.41, 5.74) is 1.04. The number of benzene rings is 2. The number of nitrogens with one attached hydrogen (secondary N) is 2. The molecule has 1 saturated heterocycles. The minimum Gasteiger partial charge on any atom is -0.493 e. The molecule has 1 fully saturated rings. The third-order valence-corrected chi connectivity index (χ3v) is 11.6. The van der Waals surface area contributed by atoms with E-state index in [1.807, 2.05) is 43.5 Å². The number of hydrogen-bond donors (Lipinski definition) is 3. The highest BCUT2D eigenvalue weighted by molar-refractivity contribution is 7.98. The molecule has 2 atom stereocenters. The molecule has 2 aromatic carbocycles. The summed E-state index contributed by atoms with van der Waals surface area (Å²) >= 11 is 8.99. The highest BCUT2D eigenvalue weighted by atomic mass is 35.5. The number of carboxylic acids is 1. The number of nitrogens with zero attached hydrogens (tertiary/aromatic N) is 5. The normalized spacial score (nSPS) is 13.9. The maximum atomic E-state index is 13.6. The second-order valence-electron chi connectivity index (χ2n) is 15.8. The van der Waals surface area contributed by atoms with Crippen molar-refractivity contribution in [2.75, 3.05) is 24.6 Å². The molecule has 17 heteroatoms. The average molecular weight is 895 g/mol. The van der Waals surface area contributed by atoms with Crippen LogP contribution in [0.25, 0.3) is 21.7 Å². The van der Waals surface area contributed by atoms with Crippen molar-refractivity contribution in [3.63, 3.8) is 0 Å². The number of pyridine rings is 1. The van der Waals surface area contributed by atoms with E-state index in [1.54, 1.807) is 45.0 Å². The number of hydrogen-bond acceptors (Lipinski definition) is 12. The first-order chi connectivity index (χ1) is 28.0. The Labute approximate surface area is 370 Å². The van der Waals surface area contributed by atoms with Gasteiger partial charge in [0.05, 0.1) is 17.9 Å². The van der Waals surface area contributed by atoms with Gasteiger partial charge in [0.25, 0.3) is 0 Å². The summed E-state index contributed by atoms with van der Waals surface area (Å²) in [6.07, 6.45) is 1.26. The molecule has 1 aliphatic heterocycles. The lowest BCUT2D eigenvalue weighted by Gasteiger charge is -2.32. The first-order valence-corrected chi connectivity index (χ1v) is 21.5. The van der Waals surface area contributed by atoms with Gasteiger partial charge in [-0.05, 0) is 82.7 Å². The fraction of sp³-hybridized carbons (Fsp3) is 0.419. The zero-order valence-electron chi connectivity index (χ0n) is 34.3. The second-order valence-corrected chi connectivity index (χ2v) is 18.1. The third-order valence-electron chi connectivity index (χ3n) is 9.38. The first-order valence-electron chi connectivity index (χ1n) is 19.2. The predicted molar refractivity (Wildman–Crippen MR) is 237 cm³/mol.